The fourth-order valence-electron chi connectivity index (χ4n) is 6.34. The minimum atomic E-state index is -0.815. The average Bonchev–Trinajstić information content (AvgIpc) is 3.20. The maximum Gasteiger partial charge on any atom is 0.311 e. The molecule has 1 spiro atoms. The molecule has 1 unspecified atom stereocenters. The molecule has 174 valence electrons. The summed E-state index contributed by atoms with van der Waals surface area (Å²) < 4.78 is 4.73. The van der Waals surface area contributed by atoms with Crippen molar-refractivity contribution in [3.8, 4) is 0 Å². The SMILES string of the molecule is O=C1OCCC/C=C\[C@@H]2S[C@]34C=CCN(C5CCCCC5)C(=O)C3N(CCO)C(=O)[C@@H]4[C@H]12. The van der Waals surface area contributed by atoms with Gasteiger partial charge in [0.05, 0.1) is 29.8 Å². The molecular formula is C24H32N2O5S. The molecule has 0 bridgehead atoms. The fourth-order valence-corrected chi connectivity index (χ4v) is 8.34. The quantitative estimate of drug-likeness (QED) is 0.511. The molecule has 4 heterocycles. The predicted molar refractivity (Wildman–Crippen MR) is 121 cm³/mol. The highest BCUT2D eigenvalue weighted by atomic mass is 32.2. The van der Waals surface area contributed by atoms with Crippen molar-refractivity contribution in [1.29, 1.82) is 0 Å². The third-order valence-corrected chi connectivity index (χ3v) is 9.48. The van der Waals surface area contributed by atoms with E-state index in [1.165, 1.54) is 6.42 Å². The summed E-state index contributed by atoms with van der Waals surface area (Å²) in [5, 5.41) is 9.52. The number of hydrogen-bond donors (Lipinski definition) is 1. The number of β-amino-alcohol motifs (C(OH)–C–C–N with tert-alkyl or cyclic N) is 1. The molecule has 0 radical (unpaired) electrons. The average molecular weight is 461 g/mol. The number of likely N-dealkylation sites (tertiary alicyclic amines) is 1. The lowest BCUT2D eigenvalue weighted by molar-refractivity contribution is -0.153. The van der Waals surface area contributed by atoms with Gasteiger partial charge in [0.25, 0.3) is 0 Å². The van der Waals surface area contributed by atoms with E-state index in [1.54, 1.807) is 16.7 Å². The van der Waals surface area contributed by atoms with Gasteiger partial charge >= 0.3 is 5.97 Å². The summed E-state index contributed by atoms with van der Waals surface area (Å²) in [6, 6.07) is -0.510. The van der Waals surface area contributed by atoms with Crippen molar-refractivity contribution < 1.29 is 24.2 Å². The van der Waals surface area contributed by atoms with Crippen LogP contribution in [0.4, 0.5) is 0 Å². The first-order valence-corrected chi connectivity index (χ1v) is 12.9. The third kappa shape index (κ3) is 3.41. The first-order chi connectivity index (χ1) is 15.6. The van der Waals surface area contributed by atoms with Crippen LogP contribution in [-0.4, -0.2) is 81.1 Å². The van der Waals surface area contributed by atoms with E-state index in [0.29, 0.717) is 13.2 Å². The number of aliphatic hydroxyl groups is 1. The smallest absolute Gasteiger partial charge is 0.311 e. The summed E-state index contributed by atoms with van der Waals surface area (Å²) in [7, 11) is 0. The second-order valence-electron chi connectivity index (χ2n) is 9.52. The molecule has 8 heteroatoms. The number of carbonyl (C=O) groups excluding carboxylic acids is 3. The molecule has 1 saturated carbocycles. The monoisotopic (exact) mass is 460 g/mol. The van der Waals surface area contributed by atoms with Crippen LogP contribution in [0.15, 0.2) is 24.3 Å². The second kappa shape index (κ2) is 8.86. The van der Waals surface area contributed by atoms with Crippen LogP contribution in [0.25, 0.3) is 0 Å². The van der Waals surface area contributed by atoms with Crippen LogP contribution in [0.2, 0.25) is 0 Å². The number of esters is 1. The van der Waals surface area contributed by atoms with Crippen LogP contribution < -0.4 is 0 Å². The van der Waals surface area contributed by atoms with Gasteiger partial charge in [-0.05, 0) is 25.7 Å². The molecule has 32 heavy (non-hydrogen) atoms. The summed E-state index contributed by atoms with van der Waals surface area (Å²) in [5.74, 6) is -1.87. The van der Waals surface area contributed by atoms with Crippen molar-refractivity contribution in [2.75, 3.05) is 26.3 Å². The van der Waals surface area contributed by atoms with Gasteiger partial charge in [-0.15, -0.1) is 11.8 Å². The van der Waals surface area contributed by atoms with E-state index in [9.17, 15) is 19.5 Å². The standard InChI is InChI=1S/C24H32N2O5S/c27-14-13-26-20-22(29)25(16-8-3-1-4-9-16)12-7-11-24(20)19(21(26)28)18-17(32-24)10-5-2-6-15-31-23(18)30/h5,7,10-11,16-20,27H,1-4,6,8-9,12-15H2/b10-5-/t17-,18+,19-,20?,24-/m0/s1. The maximum atomic E-state index is 14.0. The summed E-state index contributed by atoms with van der Waals surface area (Å²) in [5.41, 5.74) is 0. The zero-order valence-electron chi connectivity index (χ0n) is 18.4. The number of aliphatic hydroxyl groups excluding tert-OH is 1. The van der Waals surface area contributed by atoms with Crippen molar-refractivity contribution in [2.24, 2.45) is 11.8 Å². The Morgan fingerprint density at radius 3 is 2.69 bits per heavy atom. The molecule has 0 aromatic rings. The number of nitrogens with zero attached hydrogens (tertiary/aromatic N) is 2. The Bertz CT molecular complexity index is 838. The summed E-state index contributed by atoms with van der Waals surface area (Å²) in [6.07, 6.45) is 15.2. The Balaban J connectivity index is 1.56. The largest absolute Gasteiger partial charge is 0.465 e. The molecule has 5 rings (SSSR count). The Labute approximate surface area is 193 Å². The van der Waals surface area contributed by atoms with E-state index < -0.39 is 22.6 Å². The van der Waals surface area contributed by atoms with Gasteiger partial charge in [-0.2, -0.15) is 0 Å². The van der Waals surface area contributed by atoms with Gasteiger partial charge < -0.3 is 19.6 Å². The molecule has 2 amide bonds. The molecule has 0 aromatic heterocycles. The second-order valence-corrected chi connectivity index (χ2v) is 11.0. The number of allylic oxidation sites excluding steroid dienone is 1. The lowest BCUT2D eigenvalue weighted by Crippen LogP contribution is -2.55. The Morgan fingerprint density at radius 1 is 1.09 bits per heavy atom. The fraction of sp³-hybridized carbons (Fsp3) is 0.708. The van der Waals surface area contributed by atoms with Gasteiger partial charge in [-0.25, -0.2) is 0 Å². The van der Waals surface area contributed by atoms with Crippen molar-refractivity contribution in [3.63, 3.8) is 0 Å². The van der Waals surface area contributed by atoms with E-state index in [-0.39, 0.29) is 42.2 Å². The zero-order valence-corrected chi connectivity index (χ0v) is 19.2. The summed E-state index contributed by atoms with van der Waals surface area (Å²) in [4.78, 5) is 44.4. The van der Waals surface area contributed by atoms with Crippen LogP contribution in [0.3, 0.4) is 0 Å². The molecule has 1 N–H and O–H groups in total. The van der Waals surface area contributed by atoms with Gasteiger partial charge in [0.1, 0.15) is 6.04 Å². The molecule has 2 saturated heterocycles. The maximum absolute atomic E-state index is 14.0. The van der Waals surface area contributed by atoms with E-state index in [4.69, 9.17) is 4.74 Å². The molecule has 1 aliphatic carbocycles. The van der Waals surface area contributed by atoms with E-state index in [1.807, 2.05) is 23.1 Å². The van der Waals surface area contributed by atoms with Crippen molar-refractivity contribution >= 4 is 29.5 Å². The number of amides is 2. The van der Waals surface area contributed by atoms with Gasteiger partial charge in [-0.1, -0.05) is 43.6 Å². The van der Waals surface area contributed by atoms with E-state index >= 15 is 0 Å². The van der Waals surface area contributed by atoms with Crippen LogP contribution >= 0.6 is 11.8 Å². The lowest BCUT2D eigenvalue weighted by Gasteiger charge is -2.39. The number of hydrogen-bond acceptors (Lipinski definition) is 6. The van der Waals surface area contributed by atoms with Gasteiger partial charge in [0.2, 0.25) is 11.8 Å². The topological polar surface area (TPSA) is 87.2 Å². The first kappa shape index (κ1) is 22.0. The van der Waals surface area contributed by atoms with E-state index in [2.05, 4.69) is 6.08 Å². The van der Waals surface area contributed by atoms with Gasteiger partial charge in [0, 0.05) is 24.4 Å². The van der Waals surface area contributed by atoms with Crippen LogP contribution in [0, 0.1) is 11.8 Å². The highest BCUT2D eigenvalue weighted by Crippen LogP contribution is 2.60. The number of fused-ring (bicyclic) bond motifs is 2. The number of carbonyl (C=O) groups is 3. The predicted octanol–water partition coefficient (Wildman–Crippen LogP) is 1.90. The minimum absolute atomic E-state index is 0.0393. The Hall–Kier alpha value is -1.80. The molecule has 3 fully saturated rings. The third-order valence-electron chi connectivity index (χ3n) is 7.74. The molecule has 5 aliphatic rings. The van der Waals surface area contributed by atoms with Crippen molar-refractivity contribution in [3.05, 3.63) is 24.3 Å². The minimum Gasteiger partial charge on any atom is -0.465 e. The highest BCUT2D eigenvalue weighted by Gasteiger charge is 2.71. The lowest BCUT2D eigenvalue weighted by atomic mass is 9.78. The number of ether oxygens (including phenoxy) is 1. The van der Waals surface area contributed by atoms with E-state index in [0.717, 1.165) is 38.5 Å². The number of thioether (sulfide) groups is 1. The van der Waals surface area contributed by atoms with Crippen molar-refractivity contribution in [1.82, 2.24) is 9.80 Å². The summed E-state index contributed by atoms with van der Waals surface area (Å²) in [6.45, 7) is 0.766. The number of cyclic esters (lactones) is 1. The zero-order chi connectivity index (χ0) is 22.3. The number of rotatable bonds is 3. The molecule has 4 aliphatic heterocycles. The molecule has 5 atom stereocenters. The molecular weight excluding hydrogens is 428 g/mol. The highest BCUT2D eigenvalue weighted by molar-refractivity contribution is 8.02. The van der Waals surface area contributed by atoms with Crippen molar-refractivity contribution in [2.45, 2.75) is 67.0 Å². The molecule has 7 nitrogen and oxygen atoms in total. The first-order valence-electron chi connectivity index (χ1n) is 12.0. The van der Waals surface area contributed by atoms with Crippen LogP contribution in [0.5, 0.6) is 0 Å². The Kier molecular flexibility index (Phi) is 6.09. The Morgan fingerprint density at radius 2 is 1.91 bits per heavy atom. The molecule has 0 aromatic carbocycles. The summed E-state index contributed by atoms with van der Waals surface area (Å²) >= 11 is 1.57. The normalized spacial score (nSPS) is 38.8. The van der Waals surface area contributed by atoms with Gasteiger partial charge in [-0.3, -0.25) is 14.4 Å². The van der Waals surface area contributed by atoms with Crippen LogP contribution in [0.1, 0.15) is 44.9 Å². The van der Waals surface area contributed by atoms with Gasteiger partial charge in [0.15, 0.2) is 0 Å². The van der Waals surface area contributed by atoms with Crippen LogP contribution in [-0.2, 0) is 19.1 Å².